The van der Waals surface area contributed by atoms with Crippen LogP contribution in [0.3, 0.4) is 0 Å². The minimum Gasteiger partial charge on any atom is -0.455 e. The zero-order chi connectivity index (χ0) is 18.0. The first-order valence-electron chi connectivity index (χ1n) is 7.08. The van der Waals surface area contributed by atoms with Crippen LogP contribution in [0.2, 0.25) is 0 Å². The van der Waals surface area contributed by atoms with E-state index < -0.39 is 11.7 Å². The van der Waals surface area contributed by atoms with Gasteiger partial charge in [-0.2, -0.15) is 18.3 Å². The largest absolute Gasteiger partial charge is 0.455 e. The van der Waals surface area contributed by atoms with Gasteiger partial charge in [-0.1, -0.05) is 12.1 Å². The fourth-order valence-corrected chi connectivity index (χ4v) is 2.03. The van der Waals surface area contributed by atoms with E-state index in [0.29, 0.717) is 22.9 Å². The summed E-state index contributed by atoms with van der Waals surface area (Å²) in [6, 6.07) is 8.03. The number of nitrogen functional groups attached to an aromatic ring is 1. The molecular formula is C15H15Cl2F3N6O. The highest BCUT2D eigenvalue weighted by Crippen LogP contribution is 2.32. The lowest BCUT2D eigenvalue weighted by molar-refractivity contribution is -0.137. The second-order valence-electron chi connectivity index (χ2n) is 5.09. The molecular weight excluding hydrogens is 408 g/mol. The van der Waals surface area contributed by atoms with Crippen LogP contribution >= 0.6 is 24.8 Å². The van der Waals surface area contributed by atoms with E-state index in [1.165, 1.54) is 23.0 Å². The molecule has 7 nitrogen and oxygen atoms in total. The molecule has 0 unspecified atom stereocenters. The van der Waals surface area contributed by atoms with Gasteiger partial charge in [0.05, 0.1) is 11.8 Å². The van der Waals surface area contributed by atoms with Gasteiger partial charge in [-0.3, -0.25) is 0 Å². The molecule has 0 aliphatic rings. The van der Waals surface area contributed by atoms with Crippen molar-refractivity contribution in [2.24, 2.45) is 5.10 Å². The van der Waals surface area contributed by atoms with Crippen molar-refractivity contribution in [2.45, 2.75) is 13.1 Å². The number of halogens is 5. The molecule has 0 saturated heterocycles. The van der Waals surface area contributed by atoms with Crippen LogP contribution in [-0.4, -0.2) is 21.1 Å². The van der Waals surface area contributed by atoms with E-state index in [-0.39, 0.29) is 30.8 Å². The number of hydrogen-bond acceptors (Lipinski definition) is 6. The molecule has 0 bridgehead atoms. The third-order valence-corrected chi connectivity index (χ3v) is 3.32. The number of nitrogens with two attached hydrogens (primary N) is 1. The van der Waals surface area contributed by atoms with Crippen molar-refractivity contribution in [1.82, 2.24) is 14.9 Å². The number of rotatable bonds is 4. The van der Waals surface area contributed by atoms with Crippen molar-refractivity contribution in [3.63, 3.8) is 0 Å². The Labute approximate surface area is 164 Å². The number of nitrogens with zero attached hydrogens (tertiary/aromatic N) is 4. The number of furan rings is 1. The number of hydrazone groups is 1. The highest BCUT2D eigenvalue weighted by molar-refractivity contribution is 5.85. The van der Waals surface area contributed by atoms with Crippen LogP contribution in [0.5, 0.6) is 0 Å². The van der Waals surface area contributed by atoms with E-state index in [2.05, 4.69) is 20.7 Å². The van der Waals surface area contributed by atoms with Gasteiger partial charge in [-0.15, -0.1) is 35.0 Å². The monoisotopic (exact) mass is 422 g/mol. The number of aryl methyl sites for hydroxylation is 1. The lowest BCUT2D eigenvalue weighted by Crippen LogP contribution is -2.13. The molecule has 0 aliphatic heterocycles. The van der Waals surface area contributed by atoms with E-state index in [1.807, 2.05) is 0 Å². The molecule has 0 radical (unpaired) electrons. The van der Waals surface area contributed by atoms with Crippen molar-refractivity contribution in [2.75, 3.05) is 11.3 Å². The molecule has 2 aromatic heterocycles. The number of anilines is 1. The molecule has 0 spiro atoms. The van der Waals surface area contributed by atoms with Gasteiger partial charge in [0.2, 0.25) is 0 Å². The van der Waals surface area contributed by atoms with Crippen LogP contribution in [-0.2, 0) is 6.18 Å². The predicted molar refractivity (Wildman–Crippen MR) is 99.8 cm³/mol. The average Bonchev–Trinajstić information content (AvgIpc) is 3.16. The molecule has 1 aromatic carbocycles. The quantitative estimate of drug-likeness (QED) is 0.378. The van der Waals surface area contributed by atoms with Crippen molar-refractivity contribution in [3.8, 4) is 11.3 Å². The normalized spacial score (nSPS) is 11.1. The van der Waals surface area contributed by atoms with Crippen molar-refractivity contribution in [1.29, 1.82) is 0 Å². The number of nitrogens with one attached hydrogen (secondary N) is 1. The lowest BCUT2D eigenvalue weighted by Gasteiger charge is -2.07. The molecule has 0 aliphatic carbocycles. The molecule has 27 heavy (non-hydrogen) atoms. The van der Waals surface area contributed by atoms with Gasteiger partial charge in [0.15, 0.2) is 5.82 Å². The zero-order valence-electron chi connectivity index (χ0n) is 13.8. The number of benzene rings is 1. The molecule has 0 amide bonds. The Balaban J connectivity index is 0.00000182. The molecule has 2 heterocycles. The van der Waals surface area contributed by atoms with Gasteiger partial charge in [0, 0.05) is 5.56 Å². The summed E-state index contributed by atoms with van der Waals surface area (Å²) in [4.78, 5) is 0. The molecule has 3 aromatic rings. The number of hydrogen-bond donors (Lipinski definition) is 2. The Hall–Kier alpha value is -2.72. The van der Waals surface area contributed by atoms with Crippen LogP contribution in [0.25, 0.3) is 11.3 Å². The summed E-state index contributed by atoms with van der Waals surface area (Å²) in [5, 5.41) is 11.4. The second-order valence-corrected chi connectivity index (χ2v) is 5.09. The molecule has 146 valence electrons. The fourth-order valence-electron chi connectivity index (χ4n) is 2.03. The Morgan fingerprint density at radius 1 is 1.19 bits per heavy atom. The number of alkyl halides is 3. The first kappa shape index (κ1) is 22.3. The van der Waals surface area contributed by atoms with Crippen LogP contribution in [0.4, 0.5) is 19.1 Å². The highest BCUT2D eigenvalue weighted by Gasteiger charge is 2.30. The van der Waals surface area contributed by atoms with Crippen molar-refractivity contribution in [3.05, 3.63) is 53.5 Å². The topological polar surface area (TPSA) is 94.3 Å². The van der Waals surface area contributed by atoms with E-state index in [9.17, 15) is 13.2 Å². The zero-order valence-corrected chi connectivity index (χ0v) is 15.4. The minimum absolute atomic E-state index is 0. The van der Waals surface area contributed by atoms with E-state index in [1.54, 1.807) is 19.1 Å². The highest BCUT2D eigenvalue weighted by atomic mass is 35.5. The fraction of sp³-hybridized carbons (Fsp3) is 0.133. The number of aromatic nitrogens is 3. The molecule has 3 rings (SSSR count). The standard InChI is InChI=1S/C15H13F3N6O.2ClH/c1-9-21-23-14(24(9)19)22-20-8-12-5-6-13(25-12)10-3-2-4-11(7-10)15(16,17)18;;/h2-8H,19H2,1H3,(H,22,23);2*1H/b20-8-;;. The van der Waals surface area contributed by atoms with Gasteiger partial charge in [0.1, 0.15) is 11.5 Å². The molecule has 0 atom stereocenters. The third kappa shape index (κ3) is 5.14. The van der Waals surface area contributed by atoms with Crippen LogP contribution < -0.4 is 11.3 Å². The smallest absolute Gasteiger partial charge is 0.416 e. The molecule has 0 saturated carbocycles. The predicted octanol–water partition coefficient (Wildman–Crippen LogP) is 3.87. The van der Waals surface area contributed by atoms with Gasteiger partial charge in [-0.05, 0) is 31.2 Å². The van der Waals surface area contributed by atoms with Crippen LogP contribution in [0, 0.1) is 6.92 Å². The van der Waals surface area contributed by atoms with Gasteiger partial charge >= 0.3 is 6.18 Å². The SMILES string of the molecule is Cc1nnc(N/N=C\c2ccc(-c3cccc(C(F)(F)F)c3)o2)n1N.Cl.Cl. The van der Waals surface area contributed by atoms with E-state index in [4.69, 9.17) is 10.3 Å². The molecule has 0 fully saturated rings. The molecule has 12 heteroatoms. The van der Waals surface area contributed by atoms with Gasteiger partial charge in [-0.25, -0.2) is 10.1 Å². The average molecular weight is 423 g/mol. The summed E-state index contributed by atoms with van der Waals surface area (Å²) in [5.74, 6) is 7.03. The first-order chi connectivity index (χ1) is 11.8. The van der Waals surface area contributed by atoms with Crippen LogP contribution in [0.1, 0.15) is 17.1 Å². The Morgan fingerprint density at radius 2 is 1.93 bits per heavy atom. The maximum absolute atomic E-state index is 12.8. The van der Waals surface area contributed by atoms with E-state index >= 15 is 0 Å². The lowest BCUT2D eigenvalue weighted by atomic mass is 10.1. The second kappa shape index (κ2) is 8.78. The van der Waals surface area contributed by atoms with Crippen molar-refractivity contribution >= 4 is 37.0 Å². The minimum atomic E-state index is -4.41. The summed E-state index contributed by atoms with van der Waals surface area (Å²) in [5.41, 5.74) is 2.16. The Morgan fingerprint density at radius 3 is 2.56 bits per heavy atom. The summed E-state index contributed by atoms with van der Waals surface area (Å²) >= 11 is 0. The maximum Gasteiger partial charge on any atom is 0.416 e. The van der Waals surface area contributed by atoms with E-state index in [0.717, 1.165) is 12.1 Å². The van der Waals surface area contributed by atoms with Gasteiger partial charge in [0.25, 0.3) is 5.95 Å². The maximum atomic E-state index is 12.8. The summed E-state index contributed by atoms with van der Waals surface area (Å²) in [6.07, 6.45) is -3.06. The summed E-state index contributed by atoms with van der Waals surface area (Å²) < 4.78 is 45.0. The van der Waals surface area contributed by atoms with Gasteiger partial charge < -0.3 is 10.3 Å². The summed E-state index contributed by atoms with van der Waals surface area (Å²) in [7, 11) is 0. The van der Waals surface area contributed by atoms with Crippen molar-refractivity contribution < 1.29 is 17.6 Å². The molecule has 3 N–H and O–H groups in total. The summed E-state index contributed by atoms with van der Waals surface area (Å²) in [6.45, 7) is 1.68. The Kier molecular flexibility index (Phi) is 7.26. The first-order valence-corrected chi connectivity index (χ1v) is 7.08. The Bertz CT molecular complexity index is 922. The third-order valence-electron chi connectivity index (χ3n) is 3.32. The van der Waals surface area contributed by atoms with Crippen LogP contribution in [0.15, 0.2) is 45.9 Å².